The highest BCUT2D eigenvalue weighted by atomic mass is 35.5. The number of carbonyl (C=O) groups is 2. The number of imide groups is 1. The van der Waals surface area contributed by atoms with Gasteiger partial charge in [-0.05, 0) is 65.7 Å². The molecule has 174 valence electrons. The number of benzene rings is 3. The van der Waals surface area contributed by atoms with Crippen molar-refractivity contribution in [3.05, 3.63) is 98.4 Å². The van der Waals surface area contributed by atoms with E-state index >= 15 is 0 Å². The van der Waals surface area contributed by atoms with E-state index in [0.717, 1.165) is 22.9 Å². The van der Waals surface area contributed by atoms with Crippen LogP contribution in [0.3, 0.4) is 0 Å². The first-order chi connectivity index (χ1) is 16.4. The molecule has 1 heterocycles. The van der Waals surface area contributed by atoms with Crippen molar-refractivity contribution in [2.75, 3.05) is 13.2 Å². The van der Waals surface area contributed by atoms with Crippen LogP contribution in [0.15, 0.2) is 71.6 Å². The Kier molecular flexibility index (Phi) is 7.83. The van der Waals surface area contributed by atoms with Gasteiger partial charge in [0.1, 0.15) is 19.0 Å². The minimum atomic E-state index is -0.375. The van der Waals surface area contributed by atoms with E-state index in [9.17, 15) is 9.59 Å². The zero-order valence-electron chi connectivity index (χ0n) is 18.3. The molecular weight excluding hydrogens is 493 g/mol. The van der Waals surface area contributed by atoms with Crippen molar-refractivity contribution in [2.24, 2.45) is 0 Å². The fraction of sp³-hybridized carbons (Fsp3) is 0.154. The van der Waals surface area contributed by atoms with Gasteiger partial charge < -0.3 is 9.47 Å². The Bertz CT molecular complexity index is 1220. The van der Waals surface area contributed by atoms with Gasteiger partial charge in [0.15, 0.2) is 5.75 Å². The number of halogens is 2. The van der Waals surface area contributed by atoms with Gasteiger partial charge in [0.25, 0.3) is 11.1 Å². The van der Waals surface area contributed by atoms with Crippen LogP contribution >= 0.6 is 35.0 Å². The smallest absolute Gasteiger partial charge is 0.293 e. The van der Waals surface area contributed by atoms with Crippen LogP contribution in [0.25, 0.3) is 6.08 Å². The molecule has 0 saturated carbocycles. The minimum absolute atomic E-state index is 0.156. The third kappa shape index (κ3) is 5.95. The summed E-state index contributed by atoms with van der Waals surface area (Å²) in [6.07, 6.45) is 1.60. The number of carbonyl (C=O) groups excluding carboxylic acids is 2. The molecule has 0 spiro atoms. The molecule has 1 saturated heterocycles. The van der Waals surface area contributed by atoms with Gasteiger partial charge in [0.05, 0.1) is 21.5 Å². The van der Waals surface area contributed by atoms with Gasteiger partial charge >= 0.3 is 0 Å². The molecule has 0 aliphatic carbocycles. The summed E-state index contributed by atoms with van der Waals surface area (Å²) < 4.78 is 11.5. The second-order valence-electron chi connectivity index (χ2n) is 7.59. The second kappa shape index (κ2) is 11.0. The van der Waals surface area contributed by atoms with E-state index < -0.39 is 0 Å². The summed E-state index contributed by atoms with van der Waals surface area (Å²) in [4.78, 5) is 26.6. The van der Waals surface area contributed by atoms with E-state index in [4.69, 9.17) is 32.7 Å². The highest BCUT2D eigenvalue weighted by molar-refractivity contribution is 8.18. The summed E-state index contributed by atoms with van der Waals surface area (Å²) in [7, 11) is 0. The monoisotopic (exact) mass is 513 g/mol. The van der Waals surface area contributed by atoms with Gasteiger partial charge in [0, 0.05) is 0 Å². The molecule has 0 radical (unpaired) electrons. The van der Waals surface area contributed by atoms with Crippen molar-refractivity contribution in [1.29, 1.82) is 0 Å². The zero-order valence-corrected chi connectivity index (χ0v) is 20.6. The first-order valence-corrected chi connectivity index (χ1v) is 12.1. The lowest BCUT2D eigenvalue weighted by Crippen LogP contribution is -2.32. The molecule has 5 nitrogen and oxygen atoms in total. The molecule has 3 aromatic rings. The number of nitrogens with zero attached hydrogens (tertiary/aromatic N) is 1. The molecule has 0 N–H and O–H groups in total. The standard InChI is InChI=1S/C26H21Cl2NO4S/c1-17-6-5-9-20(12-17)32-11-10-29-25(30)23(34-26(29)31)15-19-13-21(27)24(22(28)14-19)33-16-18-7-3-2-4-8-18/h2-9,12-15H,10-11,16H2,1H3/b23-15-. The third-order valence-corrected chi connectivity index (χ3v) is 6.46. The van der Waals surface area contributed by atoms with Crippen molar-refractivity contribution < 1.29 is 19.1 Å². The first kappa shape index (κ1) is 24.2. The van der Waals surface area contributed by atoms with Crippen LogP contribution in [0.4, 0.5) is 4.79 Å². The number of ether oxygens (including phenoxy) is 2. The highest BCUT2D eigenvalue weighted by Gasteiger charge is 2.34. The fourth-order valence-electron chi connectivity index (χ4n) is 3.33. The topological polar surface area (TPSA) is 55.8 Å². The predicted molar refractivity (Wildman–Crippen MR) is 137 cm³/mol. The van der Waals surface area contributed by atoms with Crippen LogP contribution in [-0.2, 0) is 11.4 Å². The Morgan fingerprint density at radius 2 is 1.68 bits per heavy atom. The van der Waals surface area contributed by atoms with Gasteiger partial charge in [-0.2, -0.15) is 0 Å². The van der Waals surface area contributed by atoms with Gasteiger partial charge in [-0.25, -0.2) is 0 Å². The number of amides is 2. The van der Waals surface area contributed by atoms with Crippen molar-refractivity contribution >= 4 is 52.2 Å². The lowest BCUT2D eigenvalue weighted by Gasteiger charge is -2.13. The second-order valence-corrected chi connectivity index (χ2v) is 9.39. The fourth-order valence-corrected chi connectivity index (χ4v) is 4.81. The summed E-state index contributed by atoms with van der Waals surface area (Å²) in [5, 5.41) is 0.296. The average Bonchev–Trinajstić information content (AvgIpc) is 3.06. The van der Waals surface area contributed by atoms with Gasteiger partial charge in [-0.15, -0.1) is 0 Å². The van der Waals surface area contributed by atoms with E-state index in [1.54, 1.807) is 18.2 Å². The average molecular weight is 514 g/mol. The molecule has 2 amide bonds. The lowest BCUT2D eigenvalue weighted by molar-refractivity contribution is -0.123. The quantitative estimate of drug-likeness (QED) is 0.303. The molecule has 3 aromatic carbocycles. The van der Waals surface area contributed by atoms with Gasteiger partial charge in [0.2, 0.25) is 0 Å². The maximum absolute atomic E-state index is 12.8. The molecule has 34 heavy (non-hydrogen) atoms. The molecular formula is C26H21Cl2NO4S. The van der Waals surface area contributed by atoms with Crippen LogP contribution in [0.2, 0.25) is 10.0 Å². The molecule has 1 fully saturated rings. The van der Waals surface area contributed by atoms with Crippen LogP contribution in [0, 0.1) is 6.92 Å². The summed E-state index contributed by atoms with van der Waals surface area (Å²) in [5.41, 5.74) is 2.66. The van der Waals surface area contributed by atoms with Gasteiger partial charge in [-0.1, -0.05) is 65.7 Å². The molecule has 1 aliphatic rings. The molecule has 0 unspecified atom stereocenters. The third-order valence-electron chi connectivity index (χ3n) is 4.99. The van der Waals surface area contributed by atoms with Crippen molar-refractivity contribution in [3.8, 4) is 11.5 Å². The van der Waals surface area contributed by atoms with Gasteiger partial charge in [-0.3, -0.25) is 14.5 Å². The van der Waals surface area contributed by atoms with E-state index in [1.807, 2.05) is 61.5 Å². The van der Waals surface area contributed by atoms with E-state index in [1.165, 1.54) is 4.90 Å². The summed E-state index contributed by atoms with van der Waals surface area (Å²) in [5.74, 6) is 0.687. The Balaban J connectivity index is 1.41. The number of rotatable bonds is 8. The summed E-state index contributed by atoms with van der Waals surface area (Å²) in [6.45, 7) is 2.65. The number of hydrogen-bond acceptors (Lipinski definition) is 5. The number of thioether (sulfide) groups is 1. The Labute approximate surface area is 212 Å². The number of hydrogen-bond donors (Lipinski definition) is 0. The summed E-state index contributed by atoms with van der Waals surface area (Å²) in [6, 6.07) is 20.6. The Hall–Kier alpha value is -2.93. The lowest BCUT2D eigenvalue weighted by atomic mass is 10.2. The van der Waals surface area contributed by atoms with Crippen LogP contribution in [-0.4, -0.2) is 29.2 Å². The van der Waals surface area contributed by atoms with Crippen LogP contribution < -0.4 is 9.47 Å². The van der Waals surface area contributed by atoms with Crippen LogP contribution in [0.5, 0.6) is 11.5 Å². The van der Waals surface area contributed by atoms with Crippen molar-refractivity contribution in [1.82, 2.24) is 4.90 Å². The van der Waals surface area contributed by atoms with E-state index in [2.05, 4.69) is 0 Å². The molecule has 0 bridgehead atoms. The number of aryl methyl sites for hydroxylation is 1. The van der Waals surface area contributed by atoms with E-state index in [-0.39, 0.29) is 24.3 Å². The van der Waals surface area contributed by atoms with E-state index in [0.29, 0.717) is 38.6 Å². The first-order valence-electron chi connectivity index (χ1n) is 10.5. The minimum Gasteiger partial charge on any atom is -0.492 e. The predicted octanol–water partition coefficient (Wildman–Crippen LogP) is 7.00. The molecule has 1 aliphatic heterocycles. The maximum atomic E-state index is 12.8. The summed E-state index contributed by atoms with van der Waals surface area (Å²) >= 11 is 13.7. The largest absolute Gasteiger partial charge is 0.492 e. The van der Waals surface area contributed by atoms with Crippen LogP contribution in [0.1, 0.15) is 16.7 Å². The molecule has 0 atom stereocenters. The molecule has 8 heteroatoms. The van der Waals surface area contributed by atoms with Crippen molar-refractivity contribution in [2.45, 2.75) is 13.5 Å². The van der Waals surface area contributed by atoms with Crippen molar-refractivity contribution in [3.63, 3.8) is 0 Å². The Morgan fingerprint density at radius 1 is 0.941 bits per heavy atom. The molecule has 0 aromatic heterocycles. The highest BCUT2D eigenvalue weighted by Crippen LogP contribution is 2.37. The Morgan fingerprint density at radius 3 is 2.38 bits per heavy atom. The SMILES string of the molecule is Cc1cccc(OCCN2C(=O)S/C(=C\c3cc(Cl)c(OCc4ccccc4)c(Cl)c3)C2=O)c1. The normalized spacial score (nSPS) is 14.7. The zero-order chi connectivity index (χ0) is 24.1. The maximum Gasteiger partial charge on any atom is 0.293 e. The molecule has 4 rings (SSSR count).